The molecule has 0 atom stereocenters. The highest BCUT2D eigenvalue weighted by molar-refractivity contribution is 5.65. The van der Waals surface area contributed by atoms with Crippen molar-refractivity contribution in [2.24, 2.45) is 5.92 Å². The van der Waals surface area contributed by atoms with E-state index in [9.17, 15) is 13.2 Å². The van der Waals surface area contributed by atoms with Crippen LogP contribution in [-0.2, 0) is 18.0 Å². The van der Waals surface area contributed by atoms with E-state index in [0.717, 1.165) is 25.7 Å². The number of rotatable bonds is 8. The van der Waals surface area contributed by atoms with Crippen molar-refractivity contribution in [3.8, 4) is 16.9 Å². The van der Waals surface area contributed by atoms with Crippen LogP contribution in [0.1, 0.15) is 62.1 Å². The number of ether oxygens (including phenoxy) is 2. The molecule has 0 saturated heterocycles. The number of hydrogen-bond donors (Lipinski definition) is 0. The molecule has 0 amide bonds. The minimum atomic E-state index is -0.799. The average molecular weight is 469 g/mol. The van der Waals surface area contributed by atoms with Crippen LogP contribution in [0.2, 0.25) is 0 Å². The largest absolute Gasteiger partial charge is 0.489 e. The molecule has 180 valence electrons. The van der Waals surface area contributed by atoms with Crippen molar-refractivity contribution in [3.63, 3.8) is 0 Å². The third-order valence-electron chi connectivity index (χ3n) is 6.72. The summed E-state index contributed by atoms with van der Waals surface area (Å²) in [7, 11) is 0. The van der Waals surface area contributed by atoms with Gasteiger partial charge in [-0.05, 0) is 66.5 Å². The first-order valence-corrected chi connectivity index (χ1v) is 12.0. The number of halogens is 3. The standard InChI is InChI=1S/C29H31F3O2/c1-3-33-18-23-9-6-20(16-27(23)30)17-34-24-12-10-22(11-13-24)26-15-14-25(28(31)29(26)32)21-7-4-19(2)5-8-21/h6,9-16,19,21H,3-5,7-8,17-18H2,1-2H3. The average Bonchev–Trinajstić information content (AvgIpc) is 2.85. The Morgan fingerprint density at radius 3 is 2.24 bits per heavy atom. The minimum Gasteiger partial charge on any atom is -0.489 e. The summed E-state index contributed by atoms with van der Waals surface area (Å²) in [6.07, 6.45) is 3.92. The highest BCUT2D eigenvalue weighted by Gasteiger charge is 2.25. The van der Waals surface area contributed by atoms with Gasteiger partial charge in [0.05, 0.1) is 6.61 Å². The molecule has 3 aromatic rings. The summed E-state index contributed by atoms with van der Waals surface area (Å²) in [5.74, 6) is -0.541. The molecule has 0 bridgehead atoms. The molecule has 34 heavy (non-hydrogen) atoms. The van der Waals surface area contributed by atoms with Gasteiger partial charge in [-0.15, -0.1) is 0 Å². The lowest BCUT2D eigenvalue weighted by Crippen LogP contribution is -2.13. The highest BCUT2D eigenvalue weighted by Crippen LogP contribution is 2.38. The van der Waals surface area contributed by atoms with Gasteiger partial charge in [0.1, 0.15) is 18.2 Å². The fourth-order valence-corrected chi connectivity index (χ4v) is 4.58. The Hall–Kier alpha value is -2.79. The predicted molar refractivity (Wildman–Crippen MR) is 128 cm³/mol. The lowest BCUT2D eigenvalue weighted by atomic mass is 9.79. The van der Waals surface area contributed by atoms with E-state index in [1.165, 1.54) is 6.07 Å². The first-order valence-electron chi connectivity index (χ1n) is 12.0. The molecule has 4 rings (SSSR count). The second kappa shape index (κ2) is 11.1. The van der Waals surface area contributed by atoms with E-state index in [1.54, 1.807) is 48.5 Å². The maximum Gasteiger partial charge on any atom is 0.166 e. The van der Waals surface area contributed by atoms with Gasteiger partial charge in [0.2, 0.25) is 0 Å². The maximum absolute atomic E-state index is 14.9. The van der Waals surface area contributed by atoms with Crippen LogP contribution < -0.4 is 4.74 Å². The Balaban J connectivity index is 1.41. The zero-order valence-corrected chi connectivity index (χ0v) is 19.8. The maximum atomic E-state index is 14.9. The fraction of sp³-hybridized carbons (Fsp3) is 0.379. The molecule has 0 aliphatic heterocycles. The van der Waals surface area contributed by atoms with Crippen LogP contribution in [0.5, 0.6) is 5.75 Å². The molecule has 3 aromatic carbocycles. The third-order valence-corrected chi connectivity index (χ3v) is 6.72. The lowest BCUT2D eigenvalue weighted by molar-refractivity contribution is 0.131. The molecule has 1 aliphatic carbocycles. The molecule has 0 heterocycles. The van der Waals surface area contributed by atoms with Gasteiger partial charge in [0.15, 0.2) is 11.6 Å². The van der Waals surface area contributed by atoms with E-state index in [-0.39, 0.29) is 30.5 Å². The van der Waals surface area contributed by atoms with Crippen molar-refractivity contribution in [3.05, 3.63) is 88.7 Å². The van der Waals surface area contributed by atoms with E-state index < -0.39 is 11.6 Å². The Kier molecular flexibility index (Phi) is 7.94. The molecule has 2 nitrogen and oxygen atoms in total. The van der Waals surface area contributed by atoms with E-state index in [2.05, 4.69) is 6.92 Å². The first kappa shape index (κ1) is 24.3. The van der Waals surface area contributed by atoms with Crippen LogP contribution in [0.15, 0.2) is 54.6 Å². The van der Waals surface area contributed by atoms with Crippen LogP contribution in [0, 0.1) is 23.4 Å². The van der Waals surface area contributed by atoms with Crippen LogP contribution in [0.4, 0.5) is 13.2 Å². The van der Waals surface area contributed by atoms with Crippen LogP contribution in [0.3, 0.4) is 0 Å². The van der Waals surface area contributed by atoms with E-state index in [1.807, 2.05) is 6.92 Å². The Morgan fingerprint density at radius 1 is 0.824 bits per heavy atom. The van der Waals surface area contributed by atoms with Crippen LogP contribution in [-0.4, -0.2) is 6.61 Å². The molecule has 5 heteroatoms. The summed E-state index contributed by atoms with van der Waals surface area (Å²) in [5, 5.41) is 0. The smallest absolute Gasteiger partial charge is 0.166 e. The van der Waals surface area contributed by atoms with Gasteiger partial charge in [-0.1, -0.05) is 56.2 Å². The molecule has 1 saturated carbocycles. The summed E-state index contributed by atoms with van der Waals surface area (Å²) in [6, 6.07) is 15.2. The highest BCUT2D eigenvalue weighted by atomic mass is 19.2. The van der Waals surface area contributed by atoms with Crippen molar-refractivity contribution >= 4 is 0 Å². The molecule has 0 aromatic heterocycles. The van der Waals surface area contributed by atoms with E-state index in [4.69, 9.17) is 9.47 Å². The Morgan fingerprint density at radius 2 is 1.56 bits per heavy atom. The Bertz CT molecular complexity index is 1100. The first-order chi connectivity index (χ1) is 16.5. The van der Waals surface area contributed by atoms with E-state index in [0.29, 0.717) is 40.5 Å². The van der Waals surface area contributed by atoms with Crippen molar-refractivity contribution in [2.45, 2.75) is 58.7 Å². The molecular weight excluding hydrogens is 437 g/mol. The van der Waals surface area contributed by atoms with Gasteiger partial charge in [-0.2, -0.15) is 0 Å². The van der Waals surface area contributed by atoms with Gasteiger partial charge in [0.25, 0.3) is 0 Å². The number of benzene rings is 3. The lowest BCUT2D eigenvalue weighted by Gasteiger charge is -2.27. The molecular formula is C29H31F3O2. The summed E-state index contributed by atoms with van der Waals surface area (Å²) in [4.78, 5) is 0. The van der Waals surface area contributed by atoms with Crippen LogP contribution >= 0.6 is 0 Å². The molecule has 0 unspecified atom stereocenters. The molecule has 0 radical (unpaired) electrons. The predicted octanol–water partition coefficient (Wildman–Crippen LogP) is 8.18. The molecule has 0 N–H and O–H groups in total. The monoisotopic (exact) mass is 468 g/mol. The van der Waals surface area contributed by atoms with Gasteiger partial charge < -0.3 is 9.47 Å². The molecule has 1 aliphatic rings. The SMILES string of the molecule is CCOCc1ccc(COc2ccc(-c3ccc(C4CCC(C)CC4)c(F)c3F)cc2)cc1F. The normalized spacial score (nSPS) is 18.1. The van der Waals surface area contributed by atoms with Gasteiger partial charge >= 0.3 is 0 Å². The van der Waals surface area contributed by atoms with Crippen molar-refractivity contribution < 1.29 is 22.6 Å². The Labute approximate surface area is 199 Å². The summed E-state index contributed by atoms with van der Waals surface area (Å²) >= 11 is 0. The van der Waals surface area contributed by atoms with Crippen LogP contribution in [0.25, 0.3) is 11.1 Å². The van der Waals surface area contributed by atoms with Crippen molar-refractivity contribution in [1.29, 1.82) is 0 Å². The second-order valence-corrected chi connectivity index (χ2v) is 9.16. The van der Waals surface area contributed by atoms with Gasteiger partial charge in [-0.3, -0.25) is 0 Å². The summed E-state index contributed by atoms with van der Waals surface area (Å²) in [6.45, 7) is 5.04. The zero-order chi connectivity index (χ0) is 24.1. The summed E-state index contributed by atoms with van der Waals surface area (Å²) < 4.78 is 55.0. The van der Waals surface area contributed by atoms with Crippen molar-refractivity contribution in [2.75, 3.05) is 6.61 Å². The number of hydrogen-bond acceptors (Lipinski definition) is 2. The van der Waals surface area contributed by atoms with Crippen molar-refractivity contribution in [1.82, 2.24) is 0 Å². The molecule has 1 fully saturated rings. The van der Waals surface area contributed by atoms with Gasteiger partial charge in [0, 0.05) is 17.7 Å². The van der Waals surface area contributed by atoms with Gasteiger partial charge in [-0.25, -0.2) is 13.2 Å². The minimum absolute atomic E-state index is 0.0913. The quantitative estimate of drug-likeness (QED) is 0.332. The third kappa shape index (κ3) is 5.64. The summed E-state index contributed by atoms with van der Waals surface area (Å²) in [5.41, 5.74) is 2.52. The fourth-order valence-electron chi connectivity index (χ4n) is 4.58. The molecule has 0 spiro atoms. The topological polar surface area (TPSA) is 18.5 Å². The second-order valence-electron chi connectivity index (χ2n) is 9.16. The zero-order valence-electron chi connectivity index (χ0n) is 19.8. The van der Waals surface area contributed by atoms with E-state index >= 15 is 0 Å².